The molecule has 0 saturated carbocycles. The van der Waals surface area contributed by atoms with Gasteiger partial charge in [-0.3, -0.25) is 4.79 Å². The Morgan fingerprint density at radius 2 is 2.27 bits per heavy atom. The van der Waals surface area contributed by atoms with Gasteiger partial charge in [-0.05, 0) is 40.1 Å². The van der Waals surface area contributed by atoms with Gasteiger partial charge in [-0.15, -0.1) is 0 Å². The van der Waals surface area contributed by atoms with Crippen molar-refractivity contribution in [1.82, 2.24) is 10.2 Å². The van der Waals surface area contributed by atoms with Crippen molar-refractivity contribution >= 4 is 5.91 Å². The van der Waals surface area contributed by atoms with Crippen LogP contribution in [0.25, 0.3) is 0 Å². The quantitative estimate of drug-likeness (QED) is 0.744. The molecule has 1 rings (SSSR count). The van der Waals surface area contributed by atoms with Crippen LogP contribution in [0.2, 0.25) is 0 Å². The van der Waals surface area contributed by atoms with Crippen LogP contribution in [0.5, 0.6) is 0 Å². The Labute approximate surface area is 90.3 Å². The highest BCUT2D eigenvalue weighted by Gasteiger charge is 2.09. The maximum Gasteiger partial charge on any atom is 0.254 e. The molecule has 4 nitrogen and oxygen atoms in total. The van der Waals surface area contributed by atoms with Crippen LogP contribution >= 0.6 is 0 Å². The van der Waals surface area contributed by atoms with Crippen molar-refractivity contribution < 1.29 is 9.21 Å². The zero-order valence-corrected chi connectivity index (χ0v) is 9.54. The lowest BCUT2D eigenvalue weighted by molar-refractivity contribution is 0.0951. The van der Waals surface area contributed by atoms with E-state index in [9.17, 15) is 4.79 Å². The molecule has 0 radical (unpaired) electrons. The molecule has 0 saturated heterocycles. The van der Waals surface area contributed by atoms with E-state index in [2.05, 4.69) is 10.2 Å². The van der Waals surface area contributed by atoms with Crippen molar-refractivity contribution in [2.45, 2.75) is 13.3 Å². The number of hydrogen-bond donors (Lipinski definition) is 1. The third-order valence-electron chi connectivity index (χ3n) is 2.17. The van der Waals surface area contributed by atoms with Gasteiger partial charge in [0.1, 0.15) is 5.76 Å². The maximum absolute atomic E-state index is 11.6. The molecule has 1 amide bonds. The number of aryl methyl sites for hydroxylation is 1. The Morgan fingerprint density at radius 1 is 1.53 bits per heavy atom. The molecule has 1 aromatic rings. The Balaban J connectivity index is 2.28. The summed E-state index contributed by atoms with van der Waals surface area (Å²) in [7, 11) is 4.03. The summed E-state index contributed by atoms with van der Waals surface area (Å²) in [6.07, 6.45) is 2.49. The monoisotopic (exact) mass is 210 g/mol. The lowest BCUT2D eigenvalue weighted by Crippen LogP contribution is -2.27. The number of hydrogen-bond acceptors (Lipinski definition) is 3. The van der Waals surface area contributed by atoms with Gasteiger partial charge in [0, 0.05) is 6.54 Å². The summed E-state index contributed by atoms with van der Waals surface area (Å²) in [5.74, 6) is 0.611. The van der Waals surface area contributed by atoms with Crippen molar-refractivity contribution in [2.75, 3.05) is 27.2 Å². The van der Waals surface area contributed by atoms with Crippen molar-refractivity contribution in [2.24, 2.45) is 0 Å². The van der Waals surface area contributed by atoms with Crippen LogP contribution in [0.3, 0.4) is 0 Å². The number of furan rings is 1. The van der Waals surface area contributed by atoms with E-state index in [0.717, 1.165) is 13.0 Å². The molecule has 0 aliphatic heterocycles. The Bertz CT molecular complexity index is 318. The Kier molecular flexibility index (Phi) is 4.37. The van der Waals surface area contributed by atoms with E-state index in [0.29, 0.717) is 17.9 Å². The second-order valence-corrected chi connectivity index (χ2v) is 3.80. The summed E-state index contributed by atoms with van der Waals surface area (Å²) in [4.78, 5) is 13.7. The van der Waals surface area contributed by atoms with Gasteiger partial charge >= 0.3 is 0 Å². The topological polar surface area (TPSA) is 45.5 Å². The van der Waals surface area contributed by atoms with E-state index in [1.807, 2.05) is 14.1 Å². The molecular weight excluding hydrogens is 192 g/mol. The number of nitrogens with zero attached hydrogens (tertiary/aromatic N) is 1. The highest BCUT2D eigenvalue weighted by molar-refractivity contribution is 5.94. The summed E-state index contributed by atoms with van der Waals surface area (Å²) < 4.78 is 5.06. The number of carbonyl (C=O) groups is 1. The number of amides is 1. The lowest BCUT2D eigenvalue weighted by Gasteiger charge is -2.09. The highest BCUT2D eigenvalue weighted by Crippen LogP contribution is 2.07. The van der Waals surface area contributed by atoms with E-state index >= 15 is 0 Å². The average molecular weight is 210 g/mol. The van der Waals surface area contributed by atoms with Gasteiger partial charge in [-0.25, -0.2) is 0 Å². The molecule has 0 aliphatic rings. The highest BCUT2D eigenvalue weighted by atomic mass is 16.3. The molecule has 0 spiro atoms. The fourth-order valence-electron chi connectivity index (χ4n) is 1.31. The smallest absolute Gasteiger partial charge is 0.254 e. The van der Waals surface area contributed by atoms with Gasteiger partial charge in [-0.1, -0.05) is 0 Å². The van der Waals surface area contributed by atoms with Crippen LogP contribution in [0.4, 0.5) is 0 Å². The SMILES string of the molecule is Cc1occc1C(=O)NCCCN(C)C. The summed E-state index contributed by atoms with van der Waals surface area (Å²) in [5, 5.41) is 2.86. The molecule has 1 aromatic heterocycles. The van der Waals surface area contributed by atoms with Crippen molar-refractivity contribution in [3.8, 4) is 0 Å². The predicted octanol–water partition coefficient (Wildman–Crippen LogP) is 1.27. The zero-order valence-electron chi connectivity index (χ0n) is 9.54. The van der Waals surface area contributed by atoms with E-state index in [-0.39, 0.29) is 5.91 Å². The largest absolute Gasteiger partial charge is 0.469 e. The third-order valence-corrected chi connectivity index (χ3v) is 2.17. The zero-order chi connectivity index (χ0) is 11.3. The fraction of sp³-hybridized carbons (Fsp3) is 0.545. The maximum atomic E-state index is 11.6. The van der Waals surface area contributed by atoms with Gasteiger partial charge in [0.2, 0.25) is 0 Å². The molecule has 0 atom stereocenters. The summed E-state index contributed by atoms with van der Waals surface area (Å²) in [6.45, 7) is 3.46. The van der Waals surface area contributed by atoms with Crippen molar-refractivity contribution in [3.63, 3.8) is 0 Å². The minimum atomic E-state index is -0.0555. The molecule has 4 heteroatoms. The molecule has 1 heterocycles. The molecule has 0 bridgehead atoms. The normalized spacial score (nSPS) is 10.7. The van der Waals surface area contributed by atoms with E-state index < -0.39 is 0 Å². The Hall–Kier alpha value is -1.29. The molecule has 0 aliphatic carbocycles. The predicted molar refractivity (Wildman–Crippen MR) is 58.9 cm³/mol. The van der Waals surface area contributed by atoms with Gasteiger partial charge < -0.3 is 14.6 Å². The van der Waals surface area contributed by atoms with Crippen LogP contribution in [0, 0.1) is 6.92 Å². The first-order chi connectivity index (χ1) is 7.11. The fourth-order valence-corrected chi connectivity index (χ4v) is 1.31. The van der Waals surface area contributed by atoms with Crippen molar-refractivity contribution in [3.05, 3.63) is 23.7 Å². The second kappa shape index (κ2) is 5.56. The standard InChI is InChI=1S/C11H18N2O2/c1-9-10(5-8-15-9)11(14)12-6-4-7-13(2)3/h5,8H,4,6-7H2,1-3H3,(H,12,14). The van der Waals surface area contributed by atoms with Crippen LogP contribution in [0.15, 0.2) is 16.7 Å². The summed E-state index contributed by atoms with van der Waals surface area (Å²) in [6, 6.07) is 1.69. The minimum absolute atomic E-state index is 0.0555. The molecule has 1 N–H and O–H groups in total. The number of carbonyl (C=O) groups excluding carboxylic acids is 1. The first-order valence-corrected chi connectivity index (χ1v) is 5.08. The van der Waals surface area contributed by atoms with E-state index in [4.69, 9.17) is 4.42 Å². The number of nitrogens with one attached hydrogen (secondary N) is 1. The Morgan fingerprint density at radius 3 is 2.80 bits per heavy atom. The molecular formula is C11H18N2O2. The molecule has 0 aromatic carbocycles. The first kappa shape index (κ1) is 11.8. The van der Waals surface area contributed by atoms with Gasteiger partial charge in [-0.2, -0.15) is 0 Å². The van der Waals surface area contributed by atoms with Crippen LogP contribution in [-0.4, -0.2) is 38.0 Å². The van der Waals surface area contributed by atoms with Crippen LogP contribution in [0.1, 0.15) is 22.5 Å². The lowest BCUT2D eigenvalue weighted by atomic mass is 10.2. The molecule has 0 unspecified atom stereocenters. The third kappa shape index (κ3) is 3.75. The first-order valence-electron chi connectivity index (χ1n) is 5.08. The molecule has 0 fully saturated rings. The molecule has 84 valence electrons. The average Bonchev–Trinajstić information content (AvgIpc) is 2.58. The van der Waals surface area contributed by atoms with Crippen LogP contribution < -0.4 is 5.32 Å². The van der Waals surface area contributed by atoms with Gasteiger partial charge in [0.15, 0.2) is 0 Å². The van der Waals surface area contributed by atoms with Gasteiger partial charge in [0.25, 0.3) is 5.91 Å². The summed E-state index contributed by atoms with van der Waals surface area (Å²) >= 11 is 0. The van der Waals surface area contributed by atoms with Crippen molar-refractivity contribution in [1.29, 1.82) is 0 Å². The van der Waals surface area contributed by atoms with E-state index in [1.165, 1.54) is 6.26 Å². The van der Waals surface area contributed by atoms with Gasteiger partial charge in [0.05, 0.1) is 11.8 Å². The van der Waals surface area contributed by atoms with Crippen LogP contribution in [-0.2, 0) is 0 Å². The minimum Gasteiger partial charge on any atom is -0.469 e. The number of rotatable bonds is 5. The van der Waals surface area contributed by atoms with E-state index in [1.54, 1.807) is 13.0 Å². The second-order valence-electron chi connectivity index (χ2n) is 3.80. The summed E-state index contributed by atoms with van der Waals surface area (Å²) in [5.41, 5.74) is 0.625. The molecule has 15 heavy (non-hydrogen) atoms.